The number of rotatable bonds is 2. The summed E-state index contributed by atoms with van der Waals surface area (Å²) in [5.41, 5.74) is 16.2. The van der Waals surface area contributed by atoms with Crippen molar-refractivity contribution in [2.45, 2.75) is 38.5 Å². The van der Waals surface area contributed by atoms with Crippen LogP contribution in [0.1, 0.15) is 49.9 Å². The van der Waals surface area contributed by atoms with Gasteiger partial charge in [-0.3, -0.25) is 0 Å². The Labute approximate surface area is 270 Å². The number of fused-ring (bicyclic) bond motifs is 8. The van der Waals surface area contributed by atoms with E-state index in [1.807, 2.05) is 0 Å². The van der Waals surface area contributed by atoms with Crippen molar-refractivity contribution >= 4 is 32.3 Å². The normalized spacial score (nSPS) is 15.3. The van der Waals surface area contributed by atoms with E-state index in [1.54, 1.807) is 0 Å². The molecule has 0 fully saturated rings. The average molecular weight is 587 g/mol. The van der Waals surface area contributed by atoms with E-state index in [-0.39, 0.29) is 10.8 Å². The minimum atomic E-state index is -0.0671. The summed E-state index contributed by atoms with van der Waals surface area (Å²) in [6.45, 7) is 9.59. The van der Waals surface area contributed by atoms with Gasteiger partial charge in [-0.05, 0) is 123 Å². The minimum Gasteiger partial charge on any atom is -0.0622 e. The number of benzene rings is 8. The molecule has 0 aromatic heterocycles. The monoisotopic (exact) mass is 586 g/mol. The predicted molar refractivity (Wildman–Crippen MR) is 196 cm³/mol. The quantitative estimate of drug-likeness (QED) is 0.177. The number of hydrogen-bond donors (Lipinski definition) is 0. The van der Waals surface area contributed by atoms with Crippen LogP contribution in [0.4, 0.5) is 0 Å². The molecule has 0 amide bonds. The van der Waals surface area contributed by atoms with Gasteiger partial charge in [-0.2, -0.15) is 0 Å². The molecule has 0 N–H and O–H groups in total. The molecule has 0 spiro atoms. The molecular formula is C46H34. The van der Waals surface area contributed by atoms with Crippen molar-refractivity contribution in [2.24, 2.45) is 0 Å². The highest BCUT2D eigenvalue weighted by Gasteiger charge is 2.39. The Hall–Kier alpha value is -5.20. The van der Waals surface area contributed by atoms with Crippen molar-refractivity contribution in [3.8, 4) is 44.5 Å². The van der Waals surface area contributed by atoms with Gasteiger partial charge in [0, 0.05) is 10.8 Å². The van der Waals surface area contributed by atoms with E-state index in [0.717, 1.165) is 0 Å². The molecule has 0 heterocycles. The van der Waals surface area contributed by atoms with E-state index in [2.05, 4.69) is 161 Å². The molecule has 0 atom stereocenters. The molecule has 8 aromatic rings. The van der Waals surface area contributed by atoms with Crippen LogP contribution in [-0.4, -0.2) is 0 Å². The van der Waals surface area contributed by atoms with Crippen LogP contribution in [-0.2, 0) is 10.8 Å². The van der Waals surface area contributed by atoms with Gasteiger partial charge < -0.3 is 0 Å². The van der Waals surface area contributed by atoms with Crippen LogP contribution in [0.25, 0.3) is 76.8 Å². The highest BCUT2D eigenvalue weighted by atomic mass is 14.4. The first-order valence-corrected chi connectivity index (χ1v) is 16.5. The summed E-state index contributed by atoms with van der Waals surface area (Å²) >= 11 is 0. The maximum Gasteiger partial charge on any atom is 0.0159 e. The highest BCUT2D eigenvalue weighted by molar-refractivity contribution is 6.29. The summed E-state index contributed by atoms with van der Waals surface area (Å²) in [5.74, 6) is 0. The van der Waals surface area contributed by atoms with E-state index in [9.17, 15) is 0 Å². The summed E-state index contributed by atoms with van der Waals surface area (Å²) in [5, 5.41) is 8.22. The first-order valence-electron chi connectivity index (χ1n) is 16.5. The SMILES string of the molecule is CC1(C)c2ccc(-c3ccccc3)cc2-c2c1cc1ccc3cc4c(c5ccc2c1c35)-c1cc(-c2ccccc2)ccc1C4(C)C. The molecule has 8 aromatic carbocycles. The predicted octanol–water partition coefficient (Wildman–Crippen LogP) is 12.5. The molecule has 46 heavy (non-hydrogen) atoms. The third-order valence-corrected chi connectivity index (χ3v) is 11.4. The largest absolute Gasteiger partial charge is 0.0622 e. The lowest BCUT2D eigenvalue weighted by Gasteiger charge is -2.24. The third kappa shape index (κ3) is 3.24. The first-order chi connectivity index (χ1) is 22.3. The van der Waals surface area contributed by atoms with Gasteiger partial charge in [0.05, 0.1) is 0 Å². The van der Waals surface area contributed by atoms with Crippen LogP contribution in [0.2, 0.25) is 0 Å². The Morgan fingerprint density at radius 2 is 0.761 bits per heavy atom. The fourth-order valence-electron chi connectivity index (χ4n) is 9.02. The summed E-state index contributed by atoms with van der Waals surface area (Å²) in [7, 11) is 0. The van der Waals surface area contributed by atoms with Gasteiger partial charge in [0.25, 0.3) is 0 Å². The second-order valence-electron chi connectivity index (χ2n) is 14.5. The summed E-state index contributed by atoms with van der Waals surface area (Å²) in [6.07, 6.45) is 0. The molecule has 218 valence electrons. The van der Waals surface area contributed by atoms with Crippen molar-refractivity contribution in [3.05, 3.63) is 156 Å². The van der Waals surface area contributed by atoms with Gasteiger partial charge in [-0.1, -0.05) is 137 Å². The molecule has 0 nitrogen and oxygen atoms in total. The Balaban J connectivity index is 1.28. The highest BCUT2D eigenvalue weighted by Crippen LogP contribution is 2.57. The van der Waals surface area contributed by atoms with Crippen LogP contribution >= 0.6 is 0 Å². The van der Waals surface area contributed by atoms with Gasteiger partial charge in [-0.15, -0.1) is 0 Å². The molecular weight excluding hydrogens is 553 g/mol. The van der Waals surface area contributed by atoms with Crippen LogP contribution in [0.5, 0.6) is 0 Å². The van der Waals surface area contributed by atoms with Crippen LogP contribution < -0.4 is 0 Å². The lowest BCUT2D eigenvalue weighted by atomic mass is 9.79. The van der Waals surface area contributed by atoms with Gasteiger partial charge in [0.1, 0.15) is 0 Å². The van der Waals surface area contributed by atoms with Crippen LogP contribution in [0.3, 0.4) is 0 Å². The van der Waals surface area contributed by atoms with Crippen molar-refractivity contribution in [1.82, 2.24) is 0 Å². The van der Waals surface area contributed by atoms with Crippen molar-refractivity contribution in [1.29, 1.82) is 0 Å². The van der Waals surface area contributed by atoms with E-state index >= 15 is 0 Å². The molecule has 2 aliphatic carbocycles. The van der Waals surface area contributed by atoms with E-state index in [1.165, 1.54) is 99.1 Å². The van der Waals surface area contributed by atoms with E-state index in [4.69, 9.17) is 0 Å². The summed E-state index contributed by atoms with van der Waals surface area (Å²) in [4.78, 5) is 0. The molecule has 0 radical (unpaired) electrons. The van der Waals surface area contributed by atoms with Crippen molar-refractivity contribution < 1.29 is 0 Å². The molecule has 0 bridgehead atoms. The maximum atomic E-state index is 2.50. The van der Waals surface area contributed by atoms with Gasteiger partial charge in [-0.25, -0.2) is 0 Å². The zero-order valence-electron chi connectivity index (χ0n) is 26.7. The second kappa shape index (κ2) is 8.74. The second-order valence-corrected chi connectivity index (χ2v) is 14.5. The minimum absolute atomic E-state index is 0.0671. The standard InChI is InChI=1S/C46H34/c1-45(2)37-21-17-29(27-11-7-5-8-12-27)23-35(37)43-33-19-20-34-42-32(16-15-31(41(33)42)25-39(43)45)26-40-44(34)36-24-30(28-13-9-6-10-14-28)18-22-38(36)46(40,3)4/h5-26H,1-4H3. The van der Waals surface area contributed by atoms with E-state index in [0.29, 0.717) is 0 Å². The fraction of sp³-hybridized carbons (Fsp3) is 0.130. The third-order valence-electron chi connectivity index (χ3n) is 11.4. The molecule has 0 saturated carbocycles. The lowest BCUT2D eigenvalue weighted by Crippen LogP contribution is -2.15. The molecule has 0 heteroatoms. The fourth-order valence-corrected chi connectivity index (χ4v) is 9.02. The summed E-state index contributed by atoms with van der Waals surface area (Å²) in [6, 6.07) is 50.5. The summed E-state index contributed by atoms with van der Waals surface area (Å²) < 4.78 is 0. The van der Waals surface area contributed by atoms with Crippen LogP contribution in [0, 0.1) is 0 Å². The Kier molecular flexibility index (Phi) is 4.95. The smallest absolute Gasteiger partial charge is 0.0159 e. The van der Waals surface area contributed by atoms with E-state index < -0.39 is 0 Å². The first kappa shape index (κ1) is 26.1. The molecule has 0 unspecified atom stereocenters. The Morgan fingerprint density at radius 3 is 1.17 bits per heavy atom. The number of hydrogen-bond acceptors (Lipinski definition) is 0. The maximum absolute atomic E-state index is 2.50. The van der Waals surface area contributed by atoms with Gasteiger partial charge in [0.2, 0.25) is 0 Å². The van der Waals surface area contributed by atoms with Crippen molar-refractivity contribution in [2.75, 3.05) is 0 Å². The molecule has 10 rings (SSSR count). The van der Waals surface area contributed by atoms with Crippen LogP contribution in [0.15, 0.2) is 133 Å². The Bertz CT molecular complexity index is 2370. The van der Waals surface area contributed by atoms with Gasteiger partial charge >= 0.3 is 0 Å². The Morgan fingerprint density at radius 1 is 0.348 bits per heavy atom. The molecule has 2 aliphatic rings. The zero-order chi connectivity index (χ0) is 30.9. The topological polar surface area (TPSA) is 0 Å². The molecule has 0 aliphatic heterocycles. The van der Waals surface area contributed by atoms with Gasteiger partial charge in [0.15, 0.2) is 0 Å². The average Bonchev–Trinajstić information content (AvgIpc) is 3.46. The lowest BCUT2D eigenvalue weighted by molar-refractivity contribution is 0.661. The molecule has 0 saturated heterocycles. The zero-order valence-corrected chi connectivity index (χ0v) is 26.7. The van der Waals surface area contributed by atoms with Crippen molar-refractivity contribution in [3.63, 3.8) is 0 Å².